The molecule has 1 aromatic rings. The molecule has 0 amide bonds. The number of Topliss-reactive ketones (excluding diaryl/α,β-unsaturated/α-hetero) is 1. The van der Waals surface area contributed by atoms with Gasteiger partial charge in [0.2, 0.25) is 5.78 Å². The van der Waals surface area contributed by atoms with E-state index in [1.54, 1.807) is 0 Å². The van der Waals surface area contributed by atoms with Gasteiger partial charge in [-0.15, -0.1) is 0 Å². The Morgan fingerprint density at radius 3 is 2.50 bits per heavy atom. The van der Waals surface area contributed by atoms with Gasteiger partial charge in [-0.05, 0) is 12.8 Å². The van der Waals surface area contributed by atoms with Crippen LogP contribution in [0.15, 0.2) is 18.6 Å². The van der Waals surface area contributed by atoms with Crippen LogP contribution in [0.4, 0.5) is 0 Å². The first-order valence-electron chi connectivity index (χ1n) is 4.73. The van der Waals surface area contributed by atoms with Crippen molar-refractivity contribution in [1.29, 1.82) is 0 Å². The Kier molecular flexibility index (Phi) is 3.30. The lowest BCUT2D eigenvalue weighted by molar-refractivity contribution is 0.0874. The number of ketones is 1. The summed E-state index contributed by atoms with van der Waals surface area (Å²) in [5.41, 5.74) is 5.51. The highest BCUT2D eigenvalue weighted by atomic mass is 16.1. The van der Waals surface area contributed by atoms with Gasteiger partial charge in [0.1, 0.15) is 5.69 Å². The summed E-state index contributed by atoms with van der Waals surface area (Å²) < 4.78 is 0. The van der Waals surface area contributed by atoms with E-state index in [0.717, 1.165) is 0 Å². The van der Waals surface area contributed by atoms with Crippen LogP contribution in [-0.4, -0.2) is 21.3 Å². The Balaban J connectivity index is 2.95. The molecule has 0 aliphatic carbocycles. The van der Waals surface area contributed by atoms with Crippen LogP contribution >= 0.6 is 0 Å². The third-order valence-electron chi connectivity index (χ3n) is 2.51. The van der Waals surface area contributed by atoms with Crippen LogP contribution in [0.1, 0.15) is 37.2 Å². The van der Waals surface area contributed by atoms with Gasteiger partial charge in [0.25, 0.3) is 0 Å². The molecule has 1 rings (SSSR count). The van der Waals surface area contributed by atoms with Gasteiger partial charge < -0.3 is 5.73 Å². The molecule has 0 aliphatic heterocycles. The molecule has 0 aliphatic rings. The van der Waals surface area contributed by atoms with E-state index < -0.39 is 5.54 Å². The fourth-order valence-electron chi connectivity index (χ4n) is 1.24. The summed E-state index contributed by atoms with van der Waals surface area (Å²) in [6.07, 6.45) is 5.71. The van der Waals surface area contributed by atoms with Crippen molar-refractivity contribution in [3.63, 3.8) is 0 Å². The van der Waals surface area contributed by atoms with Crippen molar-refractivity contribution < 1.29 is 4.79 Å². The van der Waals surface area contributed by atoms with Crippen LogP contribution in [0.25, 0.3) is 0 Å². The monoisotopic (exact) mass is 193 g/mol. The maximum absolute atomic E-state index is 11.9. The molecule has 4 nitrogen and oxygen atoms in total. The van der Waals surface area contributed by atoms with E-state index in [9.17, 15) is 4.79 Å². The van der Waals surface area contributed by atoms with Crippen LogP contribution in [0.3, 0.4) is 0 Å². The van der Waals surface area contributed by atoms with Crippen molar-refractivity contribution in [2.45, 2.75) is 32.2 Å². The lowest BCUT2D eigenvalue weighted by Crippen LogP contribution is -2.47. The summed E-state index contributed by atoms with van der Waals surface area (Å²) >= 11 is 0. The molecule has 0 saturated carbocycles. The minimum Gasteiger partial charge on any atom is -0.319 e. The zero-order valence-corrected chi connectivity index (χ0v) is 8.53. The maximum Gasteiger partial charge on any atom is 0.202 e. The van der Waals surface area contributed by atoms with E-state index in [2.05, 4.69) is 9.97 Å². The number of carbonyl (C=O) groups is 1. The topological polar surface area (TPSA) is 68.9 Å². The lowest BCUT2D eigenvalue weighted by Gasteiger charge is -2.23. The first-order chi connectivity index (χ1) is 6.64. The van der Waals surface area contributed by atoms with Crippen molar-refractivity contribution in [2.24, 2.45) is 5.73 Å². The van der Waals surface area contributed by atoms with E-state index in [-0.39, 0.29) is 5.78 Å². The molecular formula is C10H15N3O. The second-order valence-corrected chi connectivity index (χ2v) is 3.28. The summed E-state index contributed by atoms with van der Waals surface area (Å²) in [4.78, 5) is 19.7. The second-order valence-electron chi connectivity index (χ2n) is 3.28. The normalized spacial score (nSPS) is 11.4. The molecule has 4 heteroatoms. The van der Waals surface area contributed by atoms with Crippen LogP contribution in [0, 0.1) is 0 Å². The van der Waals surface area contributed by atoms with Gasteiger partial charge in [0.15, 0.2) is 0 Å². The molecule has 1 heterocycles. The van der Waals surface area contributed by atoms with E-state index >= 15 is 0 Å². The van der Waals surface area contributed by atoms with Gasteiger partial charge in [0.05, 0.1) is 11.7 Å². The largest absolute Gasteiger partial charge is 0.319 e. The lowest BCUT2D eigenvalue weighted by atomic mass is 9.88. The van der Waals surface area contributed by atoms with Crippen LogP contribution < -0.4 is 5.73 Å². The van der Waals surface area contributed by atoms with Crippen molar-refractivity contribution >= 4 is 5.78 Å². The standard InChI is InChI=1S/C10H15N3O/c1-3-10(11,4-2)9(14)8-7-12-5-6-13-8/h5-7H,3-4,11H2,1-2H3. The predicted molar refractivity (Wildman–Crippen MR) is 53.9 cm³/mol. The average Bonchev–Trinajstić information content (AvgIpc) is 2.28. The van der Waals surface area contributed by atoms with Crippen LogP contribution in [0.5, 0.6) is 0 Å². The maximum atomic E-state index is 11.9. The molecule has 2 N–H and O–H groups in total. The van der Waals surface area contributed by atoms with Gasteiger partial charge in [0, 0.05) is 12.4 Å². The molecule has 14 heavy (non-hydrogen) atoms. The number of nitrogens with zero attached hydrogens (tertiary/aromatic N) is 2. The zero-order valence-electron chi connectivity index (χ0n) is 8.53. The predicted octanol–water partition coefficient (Wildman–Crippen LogP) is 1.18. The quantitative estimate of drug-likeness (QED) is 0.729. The minimum absolute atomic E-state index is 0.129. The zero-order chi connectivity index (χ0) is 10.6. The fourth-order valence-corrected chi connectivity index (χ4v) is 1.24. The molecule has 0 atom stereocenters. The molecule has 0 radical (unpaired) electrons. The molecule has 0 unspecified atom stereocenters. The number of carbonyl (C=O) groups excluding carboxylic acids is 1. The van der Waals surface area contributed by atoms with Crippen molar-refractivity contribution in [3.8, 4) is 0 Å². The van der Waals surface area contributed by atoms with Crippen molar-refractivity contribution in [3.05, 3.63) is 24.3 Å². The first-order valence-corrected chi connectivity index (χ1v) is 4.73. The SMILES string of the molecule is CCC(N)(CC)C(=O)c1cnccn1. The Bertz CT molecular complexity index is 306. The van der Waals surface area contributed by atoms with E-state index in [1.807, 2.05) is 13.8 Å². The Morgan fingerprint density at radius 1 is 1.43 bits per heavy atom. The average molecular weight is 193 g/mol. The third kappa shape index (κ3) is 1.96. The second kappa shape index (κ2) is 4.28. The highest BCUT2D eigenvalue weighted by Gasteiger charge is 2.31. The van der Waals surface area contributed by atoms with Gasteiger partial charge in [-0.3, -0.25) is 9.78 Å². The molecule has 0 aromatic carbocycles. The molecule has 0 fully saturated rings. The van der Waals surface area contributed by atoms with Crippen LogP contribution in [0.2, 0.25) is 0 Å². The Labute approximate surface area is 83.6 Å². The highest BCUT2D eigenvalue weighted by Crippen LogP contribution is 2.16. The fraction of sp³-hybridized carbons (Fsp3) is 0.500. The number of aromatic nitrogens is 2. The third-order valence-corrected chi connectivity index (χ3v) is 2.51. The van der Waals surface area contributed by atoms with Crippen LogP contribution in [-0.2, 0) is 0 Å². The van der Waals surface area contributed by atoms with Gasteiger partial charge >= 0.3 is 0 Å². The van der Waals surface area contributed by atoms with Crippen molar-refractivity contribution in [2.75, 3.05) is 0 Å². The summed E-state index contributed by atoms with van der Waals surface area (Å²) in [5, 5.41) is 0. The van der Waals surface area contributed by atoms with E-state index in [4.69, 9.17) is 5.73 Å². The molecular weight excluding hydrogens is 178 g/mol. The summed E-state index contributed by atoms with van der Waals surface area (Å²) in [7, 11) is 0. The number of nitrogens with two attached hydrogens (primary N) is 1. The highest BCUT2D eigenvalue weighted by molar-refractivity contribution is 6.01. The first kappa shape index (κ1) is 10.8. The molecule has 76 valence electrons. The Morgan fingerprint density at radius 2 is 2.07 bits per heavy atom. The van der Waals surface area contributed by atoms with Gasteiger partial charge in [-0.2, -0.15) is 0 Å². The van der Waals surface area contributed by atoms with E-state index in [1.165, 1.54) is 18.6 Å². The molecule has 0 saturated heterocycles. The molecule has 0 bridgehead atoms. The smallest absolute Gasteiger partial charge is 0.202 e. The molecule has 1 aromatic heterocycles. The number of hydrogen-bond donors (Lipinski definition) is 1. The summed E-state index contributed by atoms with van der Waals surface area (Å²) in [5.74, 6) is -0.129. The Hall–Kier alpha value is -1.29. The number of hydrogen-bond acceptors (Lipinski definition) is 4. The van der Waals surface area contributed by atoms with Gasteiger partial charge in [-0.25, -0.2) is 4.98 Å². The van der Waals surface area contributed by atoms with E-state index in [0.29, 0.717) is 18.5 Å². The minimum atomic E-state index is -0.796. The molecule has 0 spiro atoms. The number of rotatable bonds is 4. The van der Waals surface area contributed by atoms with Gasteiger partial charge in [-0.1, -0.05) is 13.8 Å². The summed E-state index contributed by atoms with van der Waals surface area (Å²) in [6, 6.07) is 0. The van der Waals surface area contributed by atoms with Crippen molar-refractivity contribution in [1.82, 2.24) is 9.97 Å². The summed E-state index contributed by atoms with van der Waals surface area (Å²) in [6.45, 7) is 3.80.